The number of anilines is 1. The molecule has 1 aliphatic rings. The van der Waals surface area contributed by atoms with Crippen molar-refractivity contribution in [2.45, 2.75) is 0 Å². The first-order valence-corrected chi connectivity index (χ1v) is 9.54. The number of hydrogen-bond donors (Lipinski definition) is 0. The molecule has 0 radical (unpaired) electrons. The van der Waals surface area contributed by atoms with Crippen LogP contribution in [0.2, 0.25) is 0 Å². The molecule has 5 nitrogen and oxygen atoms in total. The molecule has 0 atom stereocenters. The van der Waals surface area contributed by atoms with Gasteiger partial charge in [0.2, 0.25) is 0 Å². The highest BCUT2D eigenvalue weighted by atomic mass is 32.2. The standard InChI is InChI=1S/C18H17FN4OS/c19-16-9-18(12-20-11-16)23-13-15(10-21-23)14-1-3-17(4-2-14)22-5-7-25(24)8-6-22/h1-4,9-13H,5-8H2. The number of nitrogens with zero attached hydrogens (tertiary/aromatic N) is 4. The second kappa shape index (κ2) is 6.76. The lowest BCUT2D eigenvalue weighted by Crippen LogP contribution is -2.37. The molecular weight excluding hydrogens is 339 g/mol. The quantitative estimate of drug-likeness (QED) is 0.724. The van der Waals surface area contributed by atoms with Crippen LogP contribution in [0.1, 0.15) is 0 Å². The van der Waals surface area contributed by atoms with E-state index in [1.807, 2.05) is 18.3 Å². The monoisotopic (exact) mass is 356 g/mol. The molecule has 3 heterocycles. The number of halogens is 1. The topological polar surface area (TPSA) is 51.0 Å². The Morgan fingerprint density at radius 2 is 1.72 bits per heavy atom. The third-order valence-electron chi connectivity index (χ3n) is 4.28. The Morgan fingerprint density at radius 3 is 2.44 bits per heavy atom. The van der Waals surface area contributed by atoms with Gasteiger partial charge in [0.15, 0.2) is 0 Å². The predicted molar refractivity (Wildman–Crippen MR) is 96.8 cm³/mol. The second-order valence-electron chi connectivity index (χ2n) is 5.92. The zero-order valence-corrected chi connectivity index (χ0v) is 14.3. The first-order valence-electron chi connectivity index (χ1n) is 8.05. The first-order chi connectivity index (χ1) is 12.2. The van der Waals surface area contributed by atoms with Crippen LogP contribution in [-0.2, 0) is 10.8 Å². The van der Waals surface area contributed by atoms with Gasteiger partial charge in [0, 0.05) is 58.9 Å². The number of pyridine rings is 1. The Bertz CT molecular complexity index is 899. The summed E-state index contributed by atoms with van der Waals surface area (Å²) in [5.41, 5.74) is 3.72. The van der Waals surface area contributed by atoms with Gasteiger partial charge in [-0.25, -0.2) is 9.07 Å². The third kappa shape index (κ3) is 3.46. The summed E-state index contributed by atoms with van der Waals surface area (Å²) < 4.78 is 26.4. The van der Waals surface area contributed by atoms with Crippen molar-refractivity contribution in [2.75, 3.05) is 29.5 Å². The first kappa shape index (κ1) is 16.0. The smallest absolute Gasteiger partial charge is 0.143 e. The summed E-state index contributed by atoms with van der Waals surface area (Å²) in [4.78, 5) is 6.11. The zero-order chi connectivity index (χ0) is 17.2. The average Bonchev–Trinajstić information content (AvgIpc) is 3.13. The van der Waals surface area contributed by atoms with Gasteiger partial charge >= 0.3 is 0 Å². The lowest BCUT2D eigenvalue weighted by Gasteiger charge is -2.28. The van der Waals surface area contributed by atoms with Crippen molar-refractivity contribution in [1.82, 2.24) is 14.8 Å². The highest BCUT2D eigenvalue weighted by Gasteiger charge is 2.15. The highest BCUT2D eigenvalue weighted by Crippen LogP contribution is 2.24. The second-order valence-corrected chi connectivity index (χ2v) is 7.61. The van der Waals surface area contributed by atoms with Crippen molar-refractivity contribution in [3.8, 4) is 16.8 Å². The number of rotatable bonds is 3. The molecule has 25 heavy (non-hydrogen) atoms. The molecule has 0 amide bonds. The van der Waals surface area contributed by atoms with Gasteiger partial charge in [-0.05, 0) is 17.7 Å². The minimum atomic E-state index is -0.671. The number of benzene rings is 1. The molecule has 1 saturated heterocycles. The average molecular weight is 356 g/mol. The van der Waals surface area contributed by atoms with E-state index in [1.54, 1.807) is 17.1 Å². The van der Waals surface area contributed by atoms with Crippen molar-refractivity contribution in [3.63, 3.8) is 0 Å². The van der Waals surface area contributed by atoms with Crippen LogP contribution in [0.5, 0.6) is 0 Å². The van der Waals surface area contributed by atoms with Gasteiger partial charge in [-0.2, -0.15) is 5.10 Å². The van der Waals surface area contributed by atoms with Crippen molar-refractivity contribution >= 4 is 16.5 Å². The summed E-state index contributed by atoms with van der Waals surface area (Å²) in [5.74, 6) is 1.08. The largest absolute Gasteiger partial charge is 0.370 e. The fraction of sp³-hybridized carbons (Fsp3) is 0.222. The van der Waals surface area contributed by atoms with Crippen LogP contribution in [-0.4, -0.2) is 43.6 Å². The molecule has 2 aromatic heterocycles. The fourth-order valence-electron chi connectivity index (χ4n) is 2.90. The maximum atomic E-state index is 13.3. The summed E-state index contributed by atoms with van der Waals surface area (Å²) in [6.45, 7) is 1.66. The molecule has 4 rings (SSSR count). The normalized spacial score (nSPS) is 15.5. The maximum Gasteiger partial charge on any atom is 0.143 e. The number of hydrogen-bond acceptors (Lipinski definition) is 4. The molecule has 0 aliphatic carbocycles. The molecule has 0 bridgehead atoms. The molecule has 128 valence electrons. The molecule has 7 heteroatoms. The molecule has 1 fully saturated rings. The summed E-state index contributed by atoms with van der Waals surface area (Å²) in [7, 11) is -0.671. The van der Waals surface area contributed by atoms with E-state index in [-0.39, 0.29) is 5.82 Å². The van der Waals surface area contributed by atoms with Gasteiger partial charge in [0.1, 0.15) is 5.82 Å². The van der Waals surface area contributed by atoms with Gasteiger partial charge in [-0.3, -0.25) is 9.19 Å². The molecule has 1 aliphatic heterocycles. The Balaban J connectivity index is 1.54. The van der Waals surface area contributed by atoms with Gasteiger partial charge in [0.05, 0.1) is 24.3 Å². The van der Waals surface area contributed by atoms with E-state index in [0.29, 0.717) is 5.69 Å². The zero-order valence-electron chi connectivity index (χ0n) is 13.5. The molecule has 0 spiro atoms. The van der Waals surface area contributed by atoms with E-state index in [4.69, 9.17) is 0 Å². The molecular formula is C18H17FN4OS. The van der Waals surface area contributed by atoms with Gasteiger partial charge < -0.3 is 4.90 Å². The van der Waals surface area contributed by atoms with Crippen LogP contribution >= 0.6 is 0 Å². The Morgan fingerprint density at radius 1 is 0.960 bits per heavy atom. The van der Waals surface area contributed by atoms with E-state index < -0.39 is 10.8 Å². The van der Waals surface area contributed by atoms with Gasteiger partial charge in [-0.1, -0.05) is 12.1 Å². The van der Waals surface area contributed by atoms with Crippen molar-refractivity contribution in [3.05, 3.63) is 60.9 Å². The van der Waals surface area contributed by atoms with E-state index >= 15 is 0 Å². The molecule has 3 aromatic rings. The Labute approximate surface area is 147 Å². The summed E-state index contributed by atoms with van der Waals surface area (Å²) in [6.07, 6.45) is 6.35. The minimum absolute atomic E-state index is 0.388. The maximum absolute atomic E-state index is 13.3. The molecule has 0 N–H and O–H groups in total. The molecule has 0 saturated carbocycles. The van der Waals surface area contributed by atoms with Crippen molar-refractivity contribution in [2.24, 2.45) is 0 Å². The number of aromatic nitrogens is 3. The highest BCUT2D eigenvalue weighted by molar-refractivity contribution is 7.85. The van der Waals surface area contributed by atoms with Crippen LogP contribution in [0.25, 0.3) is 16.8 Å². The third-order valence-corrected chi connectivity index (χ3v) is 5.56. The lowest BCUT2D eigenvalue weighted by molar-refractivity contribution is 0.618. The van der Waals surface area contributed by atoms with E-state index in [9.17, 15) is 8.60 Å². The van der Waals surface area contributed by atoms with E-state index in [1.165, 1.54) is 12.3 Å². The van der Waals surface area contributed by atoms with Crippen LogP contribution in [0.4, 0.5) is 10.1 Å². The molecule has 0 unspecified atom stereocenters. The Kier molecular flexibility index (Phi) is 4.31. The van der Waals surface area contributed by atoms with Crippen LogP contribution in [0.15, 0.2) is 55.1 Å². The van der Waals surface area contributed by atoms with Crippen LogP contribution in [0, 0.1) is 5.82 Å². The van der Waals surface area contributed by atoms with Crippen molar-refractivity contribution < 1.29 is 8.60 Å². The predicted octanol–water partition coefficient (Wildman–Crippen LogP) is 2.64. The Hall–Kier alpha value is -2.54. The van der Waals surface area contributed by atoms with E-state index in [0.717, 1.165) is 41.4 Å². The summed E-state index contributed by atoms with van der Waals surface area (Å²) in [6, 6.07) is 9.64. The fourth-order valence-corrected chi connectivity index (χ4v) is 3.95. The summed E-state index contributed by atoms with van der Waals surface area (Å²) >= 11 is 0. The molecule has 1 aromatic carbocycles. The van der Waals surface area contributed by atoms with E-state index in [2.05, 4.69) is 27.1 Å². The minimum Gasteiger partial charge on any atom is -0.370 e. The SMILES string of the molecule is O=S1CCN(c2ccc(-c3cnn(-c4cncc(F)c4)c3)cc2)CC1. The summed E-state index contributed by atoms with van der Waals surface area (Å²) in [5, 5.41) is 4.29. The van der Waals surface area contributed by atoms with Gasteiger partial charge in [-0.15, -0.1) is 0 Å². The lowest BCUT2D eigenvalue weighted by atomic mass is 10.1. The van der Waals surface area contributed by atoms with Crippen LogP contribution < -0.4 is 4.90 Å². The van der Waals surface area contributed by atoms with Gasteiger partial charge in [0.25, 0.3) is 0 Å². The van der Waals surface area contributed by atoms with Crippen LogP contribution in [0.3, 0.4) is 0 Å². The van der Waals surface area contributed by atoms with Crippen molar-refractivity contribution in [1.29, 1.82) is 0 Å².